The quantitative estimate of drug-likeness (QED) is 0.180. The number of nitrogens with two attached hydrogens (primary N) is 1. The van der Waals surface area contributed by atoms with Gasteiger partial charge in [-0.1, -0.05) is 59.6 Å². The predicted octanol–water partition coefficient (Wildman–Crippen LogP) is 7.06. The molecule has 0 saturated carbocycles. The van der Waals surface area contributed by atoms with E-state index in [2.05, 4.69) is 6.07 Å². The Morgan fingerprint density at radius 3 is 2.51 bits per heavy atom. The molecule has 2 N–H and O–H groups in total. The lowest BCUT2D eigenvalue weighted by Gasteiger charge is -2.27. The van der Waals surface area contributed by atoms with Crippen LogP contribution in [0.4, 0.5) is 0 Å². The number of ether oxygens (including phenoxy) is 4. The van der Waals surface area contributed by atoms with E-state index < -0.39 is 11.9 Å². The molecule has 41 heavy (non-hydrogen) atoms. The molecule has 0 bridgehead atoms. The number of halogens is 1. The van der Waals surface area contributed by atoms with Gasteiger partial charge in [-0.2, -0.15) is 5.26 Å². The first-order valence-corrected chi connectivity index (χ1v) is 13.4. The molecule has 4 aromatic carbocycles. The monoisotopic (exact) mass is 566 g/mol. The summed E-state index contributed by atoms with van der Waals surface area (Å²) in [6, 6.07) is 27.3. The number of hydrogen-bond donors (Lipinski definition) is 1. The molecule has 0 fully saturated rings. The highest BCUT2D eigenvalue weighted by Crippen LogP contribution is 2.45. The van der Waals surface area contributed by atoms with Crippen molar-refractivity contribution in [1.29, 1.82) is 5.26 Å². The highest BCUT2D eigenvalue weighted by molar-refractivity contribution is 6.31. The van der Waals surface area contributed by atoms with Crippen LogP contribution in [0.5, 0.6) is 23.0 Å². The molecule has 7 nitrogen and oxygen atoms in total. The van der Waals surface area contributed by atoms with Gasteiger partial charge in [0.1, 0.15) is 29.7 Å². The van der Waals surface area contributed by atoms with Gasteiger partial charge >= 0.3 is 5.97 Å². The molecule has 4 aromatic rings. The lowest BCUT2D eigenvalue weighted by atomic mass is 9.83. The van der Waals surface area contributed by atoms with Gasteiger partial charge in [0.15, 0.2) is 11.5 Å². The molecule has 1 heterocycles. The van der Waals surface area contributed by atoms with Crippen molar-refractivity contribution in [3.63, 3.8) is 0 Å². The lowest BCUT2D eigenvalue weighted by molar-refractivity contribution is 0.0734. The molecule has 206 valence electrons. The van der Waals surface area contributed by atoms with Crippen molar-refractivity contribution in [3.8, 4) is 29.1 Å². The molecule has 0 radical (unpaired) electrons. The van der Waals surface area contributed by atoms with Crippen LogP contribution in [-0.4, -0.2) is 12.6 Å². The fourth-order valence-electron chi connectivity index (χ4n) is 4.56. The van der Waals surface area contributed by atoms with E-state index in [0.717, 1.165) is 16.7 Å². The maximum atomic E-state index is 12.7. The fourth-order valence-corrected chi connectivity index (χ4v) is 4.75. The number of hydrogen-bond acceptors (Lipinski definition) is 7. The second kappa shape index (κ2) is 12.1. The summed E-state index contributed by atoms with van der Waals surface area (Å²) in [6.45, 7) is 4.50. The third-order valence-electron chi connectivity index (χ3n) is 6.63. The molecular weight excluding hydrogens is 540 g/mol. The minimum atomic E-state index is -0.539. The van der Waals surface area contributed by atoms with Crippen molar-refractivity contribution in [2.24, 2.45) is 5.73 Å². The van der Waals surface area contributed by atoms with E-state index in [9.17, 15) is 10.1 Å². The minimum Gasteiger partial charge on any atom is -0.490 e. The Morgan fingerprint density at radius 2 is 1.78 bits per heavy atom. The lowest BCUT2D eigenvalue weighted by Crippen LogP contribution is -2.21. The van der Waals surface area contributed by atoms with Gasteiger partial charge < -0.3 is 24.7 Å². The summed E-state index contributed by atoms with van der Waals surface area (Å²) in [5, 5.41) is 10.6. The summed E-state index contributed by atoms with van der Waals surface area (Å²) in [4.78, 5) is 12.7. The van der Waals surface area contributed by atoms with Gasteiger partial charge in [0.25, 0.3) is 0 Å². The number of nitrogens with zero attached hydrogens (tertiary/aromatic N) is 1. The number of esters is 1. The van der Waals surface area contributed by atoms with Gasteiger partial charge in [0.2, 0.25) is 5.88 Å². The van der Waals surface area contributed by atoms with Crippen LogP contribution in [0.2, 0.25) is 5.02 Å². The van der Waals surface area contributed by atoms with Gasteiger partial charge in [-0.15, -0.1) is 0 Å². The SMILES string of the molecule is CCOc1cc(C2C(C#N)=C(N)Oc3cc(OC(=O)c4ccc(C)cc4)ccc32)ccc1OCc1ccccc1Cl. The Kier molecular flexibility index (Phi) is 8.14. The second-order valence-corrected chi connectivity index (χ2v) is 9.81. The summed E-state index contributed by atoms with van der Waals surface area (Å²) in [5.41, 5.74) is 10.2. The number of nitriles is 1. The molecule has 0 aliphatic carbocycles. The van der Waals surface area contributed by atoms with Gasteiger partial charge in [-0.3, -0.25) is 0 Å². The molecule has 0 spiro atoms. The number of fused-ring (bicyclic) bond motifs is 1. The van der Waals surface area contributed by atoms with Crippen LogP contribution in [0.25, 0.3) is 0 Å². The van der Waals surface area contributed by atoms with Crippen LogP contribution < -0.4 is 24.7 Å². The van der Waals surface area contributed by atoms with Crippen LogP contribution in [0.15, 0.2) is 96.4 Å². The van der Waals surface area contributed by atoms with Crippen LogP contribution in [0, 0.1) is 18.3 Å². The van der Waals surface area contributed by atoms with Crippen molar-refractivity contribution in [1.82, 2.24) is 0 Å². The van der Waals surface area contributed by atoms with Crippen LogP contribution in [0.1, 0.15) is 45.5 Å². The topological polar surface area (TPSA) is 104 Å². The van der Waals surface area contributed by atoms with Gasteiger partial charge in [0, 0.05) is 22.2 Å². The number of carbonyl (C=O) groups excluding carboxylic acids is 1. The van der Waals surface area contributed by atoms with Crippen LogP contribution in [0.3, 0.4) is 0 Å². The number of aryl methyl sites for hydroxylation is 1. The smallest absolute Gasteiger partial charge is 0.343 e. The summed E-state index contributed by atoms with van der Waals surface area (Å²) < 4.78 is 23.4. The van der Waals surface area contributed by atoms with Crippen molar-refractivity contribution in [2.75, 3.05) is 6.61 Å². The highest BCUT2D eigenvalue weighted by atomic mass is 35.5. The van der Waals surface area contributed by atoms with E-state index in [-0.39, 0.29) is 18.1 Å². The average Bonchev–Trinajstić information content (AvgIpc) is 2.97. The first kappa shape index (κ1) is 27.6. The molecule has 8 heteroatoms. The summed E-state index contributed by atoms with van der Waals surface area (Å²) in [6.07, 6.45) is 0. The summed E-state index contributed by atoms with van der Waals surface area (Å²) in [5.74, 6) is 0.678. The first-order chi connectivity index (χ1) is 19.9. The van der Waals surface area contributed by atoms with Gasteiger partial charge in [-0.05, 0) is 55.8 Å². The molecular formula is C33H27ClN2O5. The number of benzene rings is 4. The second-order valence-electron chi connectivity index (χ2n) is 9.40. The summed E-state index contributed by atoms with van der Waals surface area (Å²) >= 11 is 6.29. The standard InChI is InChI=1S/C33H27ClN2O5/c1-3-38-30-16-22(12-15-28(30)39-19-23-6-4-5-7-27(23)34)31-25-14-13-24(17-29(25)41-32(36)26(31)18-35)40-33(37)21-10-8-20(2)9-11-21/h4-17,31H,3,19,36H2,1-2H3. The van der Waals surface area contributed by atoms with Gasteiger partial charge in [-0.25, -0.2) is 4.79 Å². The third-order valence-corrected chi connectivity index (χ3v) is 7.00. The van der Waals surface area contributed by atoms with E-state index in [0.29, 0.717) is 45.8 Å². The largest absolute Gasteiger partial charge is 0.490 e. The molecule has 5 rings (SSSR count). The Bertz CT molecular complexity index is 1670. The Balaban J connectivity index is 1.45. The van der Waals surface area contributed by atoms with Crippen LogP contribution in [-0.2, 0) is 6.61 Å². The molecule has 1 unspecified atom stereocenters. The fraction of sp³-hybridized carbons (Fsp3) is 0.152. The molecule has 1 atom stereocenters. The molecule has 0 aromatic heterocycles. The maximum absolute atomic E-state index is 12.7. The zero-order valence-electron chi connectivity index (χ0n) is 22.5. The van der Waals surface area contributed by atoms with Crippen molar-refractivity contribution >= 4 is 17.6 Å². The number of rotatable bonds is 8. The van der Waals surface area contributed by atoms with E-state index in [1.165, 1.54) is 0 Å². The third kappa shape index (κ3) is 5.98. The van der Waals surface area contributed by atoms with E-state index >= 15 is 0 Å². The Hall–Kier alpha value is -4.93. The highest BCUT2D eigenvalue weighted by Gasteiger charge is 2.32. The summed E-state index contributed by atoms with van der Waals surface area (Å²) in [7, 11) is 0. The van der Waals surface area contributed by atoms with Crippen LogP contribution >= 0.6 is 11.6 Å². The van der Waals surface area contributed by atoms with E-state index in [4.69, 9.17) is 36.3 Å². The molecule has 1 aliphatic heterocycles. The molecule has 1 aliphatic rings. The van der Waals surface area contributed by atoms with E-state index in [1.54, 1.807) is 36.4 Å². The number of allylic oxidation sites excluding steroid dienone is 1. The van der Waals surface area contributed by atoms with Crippen molar-refractivity contribution in [2.45, 2.75) is 26.4 Å². The van der Waals surface area contributed by atoms with E-state index in [1.807, 2.05) is 62.4 Å². The normalized spacial score (nSPS) is 14.0. The molecule has 0 saturated heterocycles. The van der Waals surface area contributed by atoms with Crippen molar-refractivity contribution < 1.29 is 23.7 Å². The first-order valence-electron chi connectivity index (χ1n) is 13.0. The Morgan fingerprint density at radius 1 is 1.00 bits per heavy atom. The van der Waals surface area contributed by atoms with Gasteiger partial charge in [0.05, 0.1) is 18.1 Å². The predicted molar refractivity (Wildman–Crippen MR) is 155 cm³/mol. The zero-order chi connectivity index (χ0) is 28.9. The molecule has 0 amide bonds. The average molecular weight is 567 g/mol. The van der Waals surface area contributed by atoms with Crippen molar-refractivity contribution in [3.05, 3.63) is 129 Å². The zero-order valence-corrected chi connectivity index (χ0v) is 23.3. The number of carbonyl (C=O) groups is 1. The maximum Gasteiger partial charge on any atom is 0.343 e. The minimum absolute atomic E-state index is 0.0241. The Labute approximate surface area is 243 Å².